The predicted molar refractivity (Wildman–Crippen MR) is 53.9 cm³/mol. The van der Waals surface area contributed by atoms with E-state index in [9.17, 15) is 13.2 Å². The Morgan fingerprint density at radius 1 is 1.60 bits per heavy atom. The van der Waals surface area contributed by atoms with E-state index in [2.05, 4.69) is 9.71 Å². The highest BCUT2D eigenvalue weighted by molar-refractivity contribution is 7.89. The molecule has 0 saturated heterocycles. The summed E-state index contributed by atoms with van der Waals surface area (Å²) in [6.07, 6.45) is 2.45. The van der Waals surface area contributed by atoms with Crippen molar-refractivity contribution < 1.29 is 13.5 Å². The number of pyridine rings is 1. The van der Waals surface area contributed by atoms with Crippen molar-refractivity contribution in [2.75, 3.05) is 6.61 Å². The summed E-state index contributed by atoms with van der Waals surface area (Å²) in [6.45, 7) is 1.17. The van der Waals surface area contributed by atoms with Crippen LogP contribution in [0.5, 0.6) is 0 Å². The number of aromatic amines is 1. The van der Waals surface area contributed by atoms with E-state index in [-0.39, 0.29) is 11.5 Å². The van der Waals surface area contributed by atoms with Gasteiger partial charge in [0, 0.05) is 24.5 Å². The Morgan fingerprint density at radius 3 is 2.80 bits per heavy atom. The number of nitrogens with one attached hydrogen (secondary N) is 2. The largest absolute Gasteiger partial charge is 0.395 e. The average molecular weight is 232 g/mol. The van der Waals surface area contributed by atoms with Gasteiger partial charge in [0.25, 0.3) is 0 Å². The third-order valence-corrected chi connectivity index (χ3v) is 3.32. The van der Waals surface area contributed by atoms with Gasteiger partial charge < -0.3 is 10.1 Å². The van der Waals surface area contributed by atoms with Crippen LogP contribution in [0.4, 0.5) is 0 Å². The molecule has 84 valence electrons. The minimum absolute atomic E-state index is 0.329. The molecule has 0 bridgehead atoms. The first-order valence-corrected chi connectivity index (χ1v) is 5.76. The highest BCUT2D eigenvalue weighted by Crippen LogP contribution is 2.00. The minimum atomic E-state index is -3.86. The number of hydrogen-bond acceptors (Lipinski definition) is 4. The highest BCUT2D eigenvalue weighted by Gasteiger charge is 2.19. The first kappa shape index (κ1) is 11.9. The lowest BCUT2D eigenvalue weighted by molar-refractivity contribution is 0.265. The summed E-state index contributed by atoms with van der Waals surface area (Å²) in [6, 6.07) is 0.493. The summed E-state index contributed by atoms with van der Waals surface area (Å²) in [4.78, 5) is 13.4. The van der Waals surface area contributed by atoms with E-state index in [4.69, 9.17) is 5.11 Å². The molecule has 1 heterocycles. The normalized spacial score (nSPS) is 13.7. The molecule has 7 heteroatoms. The maximum atomic E-state index is 11.6. The molecule has 0 amide bonds. The second-order valence-electron chi connectivity index (χ2n) is 3.08. The number of rotatable bonds is 4. The molecule has 0 unspecified atom stereocenters. The average Bonchev–Trinajstić information content (AvgIpc) is 2.17. The van der Waals surface area contributed by atoms with Gasteiger partial charge in [0.1, 0.15) is 4.90 Å². The molecular formula is C8H12N2O4S. The Hall–Kier alpha value is -1.18. The Balaban J connectivity index is 3.08. The standard InChI is InChI=1S/C8H12N2O4S/c1-6(5-11)10-15(13,14)8-4-9-3-2-7(8)12/h2-4,6,10-11H,5H2,1H3,(H,9,12)/t6-/m1/s1. The zero-order valence-electron chi connectivity index (χ0n) is 8.10. The molecule has 0 saturated carbocycles. The van der Waals surface area contributed by atoms with Crippen molar-refractivity contribution in [3.05, 3.63) is 28.7 Å². The van der Waals surface area contributed by atoms with E-state index in [1.54, 1.807) is 0 Å². The fourth-order valence-corrected chi connectivity index (χ4v) is 2.26. The van der Waals surface area contributed by atoms with Crippen LogP contribution in [-0.4, -0.2) is 31.2 Å². The van der Waals surface area contributed by atoms with Crippen LogP contribution < -0.4 is 10.2 Å². The molecule has 1 rings (SSSR count). The Morgan fingerprint density at radius 2 is 2.27 bits per heavy atom. The van der Waals surface area contributed by atoms with Crippen LogP contribution >= 0.6 is 0 Å². The molecule has 0 spiro atoms. The van der Waals surface area contributed by atoms with Crippen LogP contribution in [-0.2, 0) is 10.0 Å². The van der Waals surface area contributed by atoms with Crippen molar-refractivity contribution in [3.63, 3.8) is 0 Å². The maximum absolute atomic E-state index is 11.6. The van der Waals surface area contributed by atoms with Gasteiger partial charge in [0.2, 0.25) is 15.5 Å². The smallest absolute Gasteiger partial charge is 0.246 e. The number of sulfonamides is 1. The molecule has 0 aromatic carbocycles. The van der Waals surface area contributed by atoms with Gasteiger partial charge in [-0.1, -0.05) is 0 Å². The third-order valence-electron chi connectivity index (χ3n) is 1.71. The van der Waals surface area contributed by atoms with Crippen LogP contribution in [0.1, 0.15) is 6.92 Å². The molecule has 0 radical (unpaired) electrons. The topological polar surface area (TPSA) is 99.3 Å². The van der Waals surface area contributed by atoms with Gasteiger partial charge in [0.15, 0.2) is 0 Å². The Kier molecular flexibility index (Phi) is 3.61. The van der Waals surface area contributed by atoms with Gasteiger partial charge >= 0.3 is 0 Å². The molecule has 0 aliphatic rings. The lowest BCUT2D eigenvalue weighted by atomic mass is 10.4. The van der Waals surface area contributed by atoms with Gasteiger partial charge in [0.05, 0.1) is 6.61 Å². The molecule has 0 aliphatic carbocycles. The molecule has 1 atom stereocenters. The summed E-state index contributed by atoms with van der Waals surface area (Å²) in [5, 5.41) is 8.70. The summed E-state index contributed by atoms with van der Waals surface area (Å²) in [5.41, 5.74) is -0.591. The predicted octanol–water partition coefficient (Wildman–Crippen LogP) is -0.966. The number of aliphatic hydroxyl groups excluding tert-OH is 1. The molecule has 1 aromatic heterocycles. The second-order valence-corrected chi connectivity index (χ2v) is 4.76. The van der Waals surface area contributed by atoms with Crippen molar-refractivity contribution in [1.82, 2.24) is 9.71 Å². The minimum Gasteiger partial charge on any atom is -0.395 e. The van der Waals surface area contributed by atoms with E-state index in [0.717, 1.165) is 12.3 Å². The second kappa shape index (κ2) is 4.56. The number of aromatic nitrogens is 1. The Labute approximate surface area is 87.0 Å². The fraction of sp³-hybridized carbons (Fsp3) is 0.375. The summed E-state index contributed by atoms with van der Waals surface area (Å²) in [5.74, 6) is 0. The van der Waals surface area contributed by atoms with Gasteiger partial charge in [-0.05, 0) is 6.92 Å². The number of hydrogen-bond donors (Lipinski definition) is 3. The van der Waals surface area contributed by atoms with Crippen LogP contribution in [0.3, 0.4) is 0 Å². The monoisotopic (exact) mass is 232 g/mol. The molecule has 6 nitrogen and oxygen atoms in total. The van der Waals surface area contributed by atoms with Crippen molar-refractivity contribution in [3.8, 4) is 0 Å². The molecular weight excluding hydrogens is 220 g/mol. The molecule has 15 heavy (non-hydrogen) atoms. The van der Waals surface area contributed by atoms with E-state index in [0.29, 0.717) is 0 Å². The summed E-state index contributed by atoms with van der Waals surface area (Å²) >= 11 is 0. The van der Waals surface area contributed by atoms with E-state index in [1.807, 2.05) is 0 Å². The van der Waals surface area contributed by atoms with Crippen LogP contribution in [0.25, 0.3) is 0 Å². The number of H-pyrrole nitrogens is 1. The lowest BCUT2D eigenvalue weighted by Gasteiger charge is -2.10. The molecule has 3 N–H and O–H groups in total. The molecule has 0 fully saturated rings. The van der Waals surface area contributed by atoms with Gasteiger partial charge in [-0.3, -0.25) is 4.79 Å². The first-order chi connectivity index (χ1) is 6.97. The molecule has 1 aromatic rings. The van der Waals surface area contributed by atoms with E-state index < -0.39 is 21.5 Å². The van der Waals surface area contributed by atoms with E-state index >= 15 is 0 Å². The van der Waals surface area contributed by atoms with Crippen molar-refractivity contribution >= 4 is 10.0 Å². The zero-order chi connectivity index (χ0) is 11.5. The van der Waals surface area contributed by atoms with Gasteiger partial charge in [-0.25, -0.2) is 13.1 Å². The fourth-order valence-electron chi connectivity index (χ4n) is 0.976. The molecule has 0 aliphatic heterocycles. The maximum Gasteiger partial charge on any atom is 0.246 e. The van der Waals surface area contributed by atoms with Gasteiger partial charge in [-0.15, -0.1) is 0 Å². The van der Waals surface area contributed by atoms with Gasteiger partial charge in [-0.2, -0.15) is 0 Å². The Bertz CT molecular complexity index is 479. The van der Waals surface area contributed by atoms with Crippen LogP contribution in [0, 0.1) is 0 Å². The van der Waals surface area contributed by atoms with Crippen molar-refractivity contribution in [1.29, 1.82) is 0 Å². The summed E-state index contributed by atoms with van der Waals surface area (Å²) in [7, 11) is -3.86. The highest BCUT2D eigenvalue weighted by atomic mass is 32.2. The SMILES string of the molecule is C[C@H](CO)NS(=O)(=O)c1c[nH]ccc1=O. The van der Waals surface area contributed by atoms with E-state index in [1.165, 1.54) is 13.1 Å². The van der Waals surface area contributed by atoms with Crippen LogP contribution in [0.15, 0.2) is 28.2 Å². The summed E-state index contributed by atoms with van der Waals surface area (Å²) < 4.78 is 25.3. The zero-order valence-corrected chi connectivity index (χ0v) is 8.91. The lowest BCUT2D eigenvalue weighted by Crippen LogP contribution is -2.37. The first-order valence-electron chi connectivity index (χ1n) is 4.27. The quantitative estimate of drug-likeness (QED) is 0.622. The number of aliphatic hydroxyl groups is 1. The third kappa shape index (κ3) is 2.88. The van der Waals surface area contributed by atoms with Crippen LogP contribution in [0.2, 0.25) is 0 Å². The van der Waals surface area contributed by atoms with Crippen molar-refractivity contribution in [2.45, 2.75) is 17.9 Å². The van der Waals surface area contributed by atoms with Crippen molar-refractivity contribution in [2.24, 2.45) is 0 Å².